The van der Waals surface area contributed by atoms with Crippen LogP contribution in [-0.4, -0.2) is 22.3 Å². The van der Waals surface area contributed by atoms with Gasteiger partial charge in [0.15, 0.2) is 0 Å². The largest absolute Gasteiger partial charge is 0.385 e. The van der Waals surface area contributed by atoms with Crippen LogP contribution in [0.4, 0.5) is 0 Å². The van der Waals surface area contributed by atoms with Crippen LogP contribution < -0.4 is 0 Å². The Balaban J connectivity index is 1.50. The summed E-state index contributed by atoms with van der Waals surface area (Å²) >= 11 is 0. The standard InChI is InChI=1S/C23H32O3/c1-13-11-19-17-8-10-23(26)12-15(24)5-6-18(23)16(17)7-9-22(19,2)20(13)21(25)14-3-4-14/h13-14,17,19-20,26H,3-12H2,1-2H3/t13?,17-,19+,20?,22+,23?/m1/s1. The first kappa shape index (κ1) is 17.2. The first-order valence-corrected chi connectivity index (χ1v) is 10.8. The van der Waals surface area contributed by atoms with Crippen molar-refractivity contribution < 1.29 is 14.7 Å². The number of hydrogen-bond acceptors (Lipinski definition) is 3. The van der Waals surface area contributed by atoms with Crippen LogP contribution in [0.15, 0.2) is 11.1 Å². The Labute approximate surface area is 156 Å². The number of hydrogen-bond donors (Lipinski definition) is 1. The summed E-state index contributed by atoms with van der Waals surface area (Å²) in [6, 6.07) is 0. The molecule has 0 heterocycles. The topological polar surface area (TPSA) is 54.4 Å². The van der Waals surface area contributed by atoms with Gasteiger partial charge in [-0.25, -0.2) is 0 Å². The molecule has 3 unspecified atom stereocenters. The zero-order valence-corrected chi connectivity index (χ0v) is 16.2. The minimum atomic E-state index is -0.845. The van der Waals surface area contributed by atoms with E-state index < -0.39 is 5.60 Å². The highest BCUT2D eigenvalue weighted by molar-refractivity contribution is 5.87. The lowest BCUT2D eigenvalue weighted by molar-refractivity contribution is -0.131. The monoisotopic (exact) mass is 356 g/mol. The molecule has 3 nitrogen and oxygen atoms in total. The highest BCUT2D eigenvalue weighted by atomic mass is 16.3. The van der Waals surface area contributed by atoms with Crippen LogP contribution >= 0.6 is 0 Å². The number of carbonyl (C=O) groups is 2. The van der Waals surface area contributed by atoms with E-state index in [0.717, 1.165) is 44.9 Å². The Morgan fingerprint density at radius 2 is 1.88 bits per heavy atom. The van der Waals surface area contributed by atoms with Gasteiger partial charge in [0.1, 0.15) is 11.6 Å². The van der Waals surface area contributed by atoms with Crippen LogP contribution in [-0.2, 0) is 9.59 Å². The van der Waals surface area contributed by atoms with E-state index in [1.54, 1.807) is 0 Å². The summed E-state index contributed by atoms with van der Waals surface area (Å²) in [5, 5.41) is 11.1. The van der Waals surface area contributed by atoms with Crippen molar-refractivity contribution in [3.8, 4) is 0 Å². The van der Waals surface area contributed by atoms with Crippen LogP contribution in [0, 0.1) is 35.0 Å². The van der Waals surface area contributed by atoms with Gasteiger partial charge in [0.2, 0.25) is 0 Å². The third-order valence-corrected chi connectivity index (χ3v) is 8.87. The van der Waals surface area contributed by atoms with Crippen LogP contribution in [0.25, 0.3) is 0 Å². The number of carbonyl (C=O) groups excluding carboxylic acids is 2. The number of fused-ring (bicyclic) bond motifs is 4. The zero-order valence-electron chi connectivity index (χ0n) is 16.2. The van der Waals surface area contributed by atoms with E-state index in [2.05, 4.69) is 13.8 Å². The fourth-order valence-corrected chi connectivity index (χ4v) is 7.57. The second-order valence-electron chi connectivity index (χ2n) is 10.4. The summed E-state index contributed by atoms with van der Waals surface area (Å²) in [6.07, 6.45) is 8.96. The summed E-state index contributed by atoms with van der Waals surface area (Å²) in [6.45, 7) is 4.71. The van der Waals surface area contributed by atoms with Gasteiger partial charge in [0, 0.05) is 24.7 Å². The quantitative estimate of drug-likeness (QED) is 0.753. The number of ketones is 2. The molecule has 5 rings (SSSR count). The maximum Gasteiger partial charge on any atom is 0.139 e. The molecule has 4 saturated carbocycles. The number of Topliss-reactive ketones (excluding diaryl/α,β-unsaturated/α-hetero) is 2. The third-order valence-electron chi connectivity index (χ3n) is 8.87. The van der Waals surface area contributed by atoms with E-state index in [1.165, 1.54) is 17.6 Å². The SMILES string of the molecule is CC1C[C@H]2[C@@H]3CCC4(O)CC(=O)CCC4=C3CC[C@]2(C)C1C(=O)C1CC1. The van der Waals surface area contributed by atoms with E-state index in [-0.39, 0.29) is 17.1 Å². The second kappa shape index (κ2) is 5.53. The van der Waals surface area contributed by atoms with Gasteiger partial charge >= 0.3 is 0 Å². The van der Waals surface area contributed by atoms with Crippen LogP contribution in [0.1, 0.15) is 78.1 Å². The van der Waals surface area contributed by atoms with Crippen molar-refractivity contribution in [2.75, 3.05) is 0 Å². The van der Waals surface area contributed by atoms with E-state index in [1.807, 2.05) is 0 Å². The van der Waals surface area contributed by atoms with Crippen molar-refractivity contribution >= 4 is 11.6 Å². The van der Waals surface area contributed by atoms with Crippen molar-refractivity contribution in [1.29, 1.82) is 0 Å². The summed E-state index contributed by atoms with van der Waals surface area (Å²) in [4.78, 5) is 25.0. The van der Waals surface area contributed by atoms with Gasteiger partial charge in [-0.15, -0.1) is 0 Å². The molecule has 5 aliphatic carbocycles. The maximum absolute atomic E-state index is 13.1. The van der Waals surface area contributed by atoms with Gasteiger partial charge in [-0.05, 0) is 80.1 Å². The summed E-state index contributed by atoms with van der Waals surface area (Å²) in [7, 11) is 0. The summed E-state index contributed by atoms with van der Waals surface area (Å²) in [5.74, 6) is 3.02. The Bertz CT molecular complexity index is 702. The molecule has 0 saturated heterocycles. The lowest BCUT2D eigenvalue weighted by Gasteiger charge is -2.52. The Morgan fingerprint density at radius 3 is 2.62 bits per heavy atom. The van der Waals surface area contributed by atoms with Crippen LogP contribution in [0.3, 0.4) is 0 Å². The average Bonchev–Trinajstić information content (AvgIpc) is 3.37. The van der Waals surface area contributed by atoms with Crippen molar-refractivity contribution in [3.63, 3.8) is 0 Å². The van der Waals surface area contributed by atoms with Crippen molar-refractivity contribution in [2.45, 2.75) is 83.7 Å². The predicted molar refractivity (Wildman–Crippen MR) is 99.4 cm³/mol. The normalized spacial score (nSPS) is 48.0. The second-order valence-corrected chi connectivity index (χ2v) is 10.4. The molecular weight excluding hydrogens is 324 g/mol. The van der Waals surface area contributed by atoms with Gasteiger partial charge in [-0.3, -0.25) is 9.59 Å². The predicted octanol–water partition coefficient (Wildman–Crippen LogP) is 4.23. The van der Waals surface area contributed by atoms with E-state index in [9.17, 15) is 14.7 Å². The van der Waals surface area contributed by atoms with Gasteiger partial charge in [0.25, 0.3) is 0 Å². The van der Waals surface area contributed by atoms with Gasteiger partial charge in [0.05, 0.1) is 5.60 Å². The number of rotatable bonds is 2. The zero-order chi connectivity index (χ0) is 18.3. The summed E-state index contributed by atoms with van der Waals surface area (Å²) in [5.41, 5.74) is 2.01. The van der Waals surface area contributed by atoms with Crippen LogP contribution in [0.5, 0.6) is 0 Å². The molecule has 0 radical (unpaired) electrons. The number of allylic oxidation sites excluding steroid dienone is 1. The molecule has 5 aliphatic rings. The lowest BCUT2D eigenvalue weighted by Crippen LogP contribution is -2.48. The Kier molecular flexibility index (Phi) is 3.65. The van der Waals surface area contributed by atoms with Crippen molar-refractivity contribution in [2.24, 2.45) is 35.0 Å². The molecule has 4 fully saturated rings. The highest BCUT2D eigenvalue weighted by Crippen LogP contribution is 2.65. The summed E-state index contributed by atoms with van der Waals surface area (Å²) < 4.78 is 0. The first-order chi connectivity index (χ1) is 12.3. The molecule has 0 bridgehead atoms. The molecule has 0 aliphatic heterocycles. The molecular formula is C23H32O3. The van der Waals surface area contributed by atoms with E-state index >= 15 is 0 Å². The minimum absolute atomic E-state index is 0.147. The average molecular weight is 357 g/mol. The molecule has 1 N–H and O–H groups in total. The fourth-order valence-electron chi connectivity index (χ4n) is 7.57. The van der Waals surface area contributed by atoms with E-state index in [4.69, 9.17) is 0 Å². The molecule has 0 spiro atoms. The first-order valence-electron chi connectivity index (χ1n) is 10.8. The van der Waals surface area contributed by atoms with Crippen LogP contribution in [0.2, 0.25) is 0 Å². The molecule has 0 aromatic carbocycles. The molecule has 0 amide bonds. The smallest absolute Gasteiger partial charge is 0.139 e. The van der Waals surface area contributed by atoms with Gasteiger partial charge in [-0.2, -0.15) is 0 Å². The lowest BCUT2D eigenvalue weighted by atomic mass is 9.53. The maximum atomic E-state index is 13.1. The minimum Gasteiger partial charge on any atom is -0.385 e. The van der Waals surface area contributed by atoms with Gasteiger partial charge in [-0.1, -0.05) is 19.4 Å². The Hall–Kier alpha value is -0.960. The fraction of sp³-hybridized carbons (Fsp3) is 0.826. The Morgan fingerprint density at radius 1 is 1.12 bits per heavy atom. The van der Waals surface area contributed by atoms with E-state index in [0.29, 0.717) is 42.3 Å². The van der Waals surface area contributed by atoms with Gasteiger partial charge < -0.3 is 5.11 Å². The molecule has 0 aromatic heterocycles. The molecule has 3 heteroatoms. The van der Waals surface area contributed by atoms with Crippen molar-refractivity contribution in [1.82, 2.24) is 0 Å². The third kappa shape index (κ3) is 2.28. The number of aliphatic hydroxyl groups is 1. The molecule has 6 atom stereocenters. The molecule has 142 valence electrons. The van der Waals surface area contributed by atoms with Crippen molar-refractivity contribution in [3.05, 3.63) is 11.1 Å². The molecule has 0 aromatic rings. The molecule has 26 heavy (non-hydrogen) atoms. The highest BCUT2D eigenvalue weighted by Gasteiger charge is 2.60.